The van der Waals surface area contributed by atoms with Crippen LogP contribution in [0.25, 0.3) is 0 Å². The van der Waals surface area contributed by atoms with Gasteiger partial charge in [0.15, 0.2) is 0 Å². The number of carboxylic acid groups (broad SMARTS) is 1. The number of carboxylic acids is 1. The lowest BCUT2D eigenvalue weighted by Crippen LogP contribution is -2.21. The van der Waals surface area contributed by atoms with Gasteiger partial charge in [0.05, 0.1) is 5.56 Å². The molecule has 18 heavy (non-hydrogen) atoms. The summed E-state index contributed by atoms with van der Waals surface area (Å²) >= 11 is 0. The summed E-state index contributed by atoms with van der Waals surface area (Å²) in [5.41, 5.74) is 5.07. The fourth-order valence-corrected chi connectivity index (χ4v) is 1.29. The summed E-state index contributed by atoms with van der Waals surface area (Å²) in [6, 6.07) is 3.08. The van der Waals surface area contributed by atoms with Gasteiger partial charge in [-0.1, -0.05) is 13.3 Å². The maximum absolute atomic E-state index is 10.2. The lowest BCUT2D eigenvalue weighted by atomic mass is 10.2. The Morgan fingerprint density at radius 3 is 2.28 bits per heavy atom. The Kier molecular flexibility index (Phi) is 11.0. The van der Waals surface area contributed by atoms with E-state index < -0.39 is 5.97 Å². The maximum Gasteiger partial charge on any atom is 0.337 e. The third kappa shape index (κ3) is 9.74. The molecule has 1 saturated heterocycles. The molecule has 1 aliphatic heterocycles. The van der Waals surface area contributed by atoms with Crippen LogP contribution in [-0.2, 0) is 0 Å². The summed E-state index contributed by atoms with van der Waals surface area (Å²) in [5.74, 6) is -0.942. The van der Waals surface area contributed by atoms with Crippen LogP contribution in [0.2, 0.25) is 0 Å². The van der Waals surface area contributed by atoms with Crippen molar-refractivity contribution in [1.29, 1.82) is 0 Å². The first-order valence-corrected chi connectivity index (χ1v) is 6.26. The lowest BCUT2D eigenvalue weighted by Gasteiger charge is -2.08. The molecule has 1 aliphatic rings. The van der Waals surface area contributed by atoms with Gasteiger partial charge in [-0.3, -0.25) is 4.98 Å². The molecule has 0 aliphatic carbocycles. The molecular weight excluding hydrogens is 230 g/mol. The van der Waals surface area contributed by atoms with Crippen molar-refractivity contribution in [2.45, 2.75) is 26.2 Å². The molecule has 5 heteroatoms. The standard InChI is InChI=1S/C6H5NO2.C5H11N.C2H7N/c8-6(9)5-2-1-3-7-4-5;1-2-4-6-5-3-1;1-2-3/h1-4H,(H,8,9);6H,1-5H2;2-3H2,1H3. The van der Waals surface area contributed by atoms with Crippen LogP contribution >= 0.6 is 0 Å². The van der Waals surface area contributed by atoms with Gasteiger partial charge in [-0.2, -0.15) is 0 Å². The highest BCUT2D eigenvalue weighted by atomic mass is 16.4. The third-order valence-corrected chi connectivity index (χ3v) is 2.12. The van der Waals surface area contributed by atoms with Crippen LogP contribution in [0, 0.1) is 0 Å². The van der Waals surface area contributed by atoms with Crippen molar-refractivity contribution in [3.8, 4) is 0 Å². The molecule has 102 valence electrons. The number of nitrogens with zero attached hydrogens (tertiary/aromatic N) is 1. The van der Waals surface area contributed by atoms with Crippen LogP contribution in [-0.4, -0.2) is 35.7 Å². The minimum absolute atomic E-state index is 0.220. The Bertz CT molecular complexity index is 289. The minimum atomic E-state index is -0.942. The second kappa shape index (κ2) is 12.0. The zero-order valence-corrected chi connectivity index (χ0v) is 10.9. The van der Waals surface area contributed by atoms with Crippen molar-refractivity contribution in [3.63, 3.8) is 0 Å². The average Bonchev–Trinajstić information content (AvgIpc) is 2.43. The summed E-state index contributed by atoms with van der Waals surface area (Å²) in [5, 5.41) is 11.6. The van der Waals surface area contributed by atoms with E-state index in [0.29, 0.717) is 0 Å². The van der Waals surface area contributed by atoms with Crippen molar-refractivity contribution in [1.82, 2.24) is 10.3 Å². The molecule has 0 spiro atoms. The van der Waals surface area contributed by atoms with Gasteiger partial charge in [-0.15, -0.1) is 0 Å². The fourth-order valence-electron chi connectivity index (χ4n) is 1.29. The second-order valence-electron chi connectivity index (χ2n) is 3.77. The first-order chi connectivity index (χ1) is 8.72. The monoisotopic (exact) mass is 253 g/mol. The molecule has 5 nitrogen and oxygen atoms in total. The summed E-state index contributed by atoms with van der Waals surface area (Å²) in [7, 11) is 0. The van der Waals surface area contributed by atoms with Crippen LogP contribution in [0.15, 0.2) is 24.5 Å². The van der Waals surface area contributed by atoms with E-state index in [1.54, 1.807) is 6.07 Å². The quantitative estimate of drug-likeness (QED) is 0.706. The van der Waals surface area contributed by atoms with Gasteiger partial charge >= 0.3 is 5.97 Å². The second-order valence-corrected chi connectivity index (χ2v) is 3.77. The van der Waals surface area contributed by atoms with Crippen molar-refractivity contribution < 1.29 is 9.90 Å². The van der Waals surface area contributed by atoms with Crippen molar-refractivity contribution >= 4 is 5.97 Å². The number of rotatable bonds is 1. The summed E-state index contributed by atoms with van der Waals surface area (Å²) in [4.78, 5) is 13.8. The van der Waals surface area contributed by atoms with Crippen LogP contribution in [0.1, 0.15) is 36.5 Å². The fraction of sp³-hybridized carbons (Fsp3) is 0.538. The van der Waals surface area contributed by atoms with Gasteiger partial charge in [0, 0.05) is 12.4 Å². The van der Waals surface area contributed by atoms with Gasteiger partial charge in [0.25, 0.3) is 0 Å². The van der Waals surface area contributed by atoms with Gasteiger partial charge in [0.2, 0.25) is 0 Å². The number of piperidine rings is 1. The van der Waals surface area contributed by atoms with E-state index in [1.807, 2.05) is 6.92 Å². The predicted molar refractivity (Wildman–Crippen MR) is 72.6 cm³/mol. The maximum atomic E-state index is 10.2. The molecule has 4 N–H and O–H groups in total. The van der Waals surface area contributed by atoms with Crippen LogP contribution in [0.3, 0.4) is 0 Å². The number of nitrogens with one attached hydrogen (secondary N) is 1. The highest BCUT2D eigenvalue weighted by Crippen LogP contribution is 1.96. The molecule has 0 saturated carbocycles. The first kappa shape index (κ1) is 16.5. The smallest absolute Gasteiger partial charge is 0.337 e. The Morgan fingerprint density at radius 2 is 2.06 bits per heavy atom. The van der Waals surface area contributed by atoms with Gasteiger partial charge in [-0.25, -0.2) is 4.79 Å². The van der Waals surface area contributed by atoms with E-state index in [9.17, 15) is 4.79 Å². The average molecular weight is 253 g/mol. The Balaban J connectivity index is 0.000000278. The number of nitrogens with two attached hydrogens (primary N) is 1. The van der Waals surface area contributed by atoms with Crippen LogP contribution in [0.4, 0.5) is 0 Å². The molecule has 0 aromatic carbocycles. The largest absolute Gasteiger partial charge is 0.478 e. The molecule has 2 rings (SSSR count). The van der Waals surface area contributed by atoms with Crippen LogP contribution < -0.4 is 11.1 Å². The van der Waals surface area contributed by atoms with E-state index in [0.717, 1.165) is 6.54 Å². The normalized spacial score (nSPS) is 13.4. The number of hydrogen-bond donors (Lipinski definition) is 3. The highest BCUT2D eigenvalue weighted by Gasteiger charge is 1.97. The SMILES string of the molecule is C1CCNCC1.CCN.O=C(O)c1cccnc1. The number of aromatic nitrogens is 1. The molecule has 0 radical (unpaired) electrons. The zero-order chi connectivity index (χ0) is 13.6. The zero-order valence-electron chi connectivity index (χ0n) is 10.9. The first-order valence-electron chi connectivity index (χ1n) is 6.26. The van der Waals surface area contributed by atoms with E-state index in [1.165, 1.54) is 50.8 Å². The number of pyridine rings is 1. The van der Waals surface area contributed by atoms with E-state index >= 15 is 0 Å². The highest BCUT2D eigenvalue weighted by molar-refractivity contribution is 5.86. The summed E-state index contributed by atoms with van der Waals surface area (Å²) in [6.07, 6.45) is 7.06. The van der Waals surface area contributed by atoms with Crippen molar-refractivity contribution in [2.24, 2.45) is 5.73 Å². The number of aromatic carboxylic acids is 1. The Labute approximate surface area is 108 Å². The summed E-state index contributed by atoms with van der Waals surface area (Å²) in [6.45, 7) is 5.15. The molecule has 1 aromatic heterocycles. The van der Waals surface area contributed by atoms with Crippen LogP contribution in [0.5, 0.6) is 0 Å². The van der Waals surface area contributed by atoms with Gasteiger partial charge in [-0.05, 0) is 44.6 Å². The third-order valence-electron chi connectivity index (χ3n) is 2.12. The molecule has 1 fully saturated rings. The number of carbonyl (C=O) groups is 1. The molecule has 1 aromatic rings. The molecule has 0 bridgehead atoms. The van der Waals surface area contributed by atoms with Gasteiger partial charge in [0.1, 0.15) is 0 Å². The molecule has 0 atom stereocenters. The van der Waals surface area contributed by atoms with Gasteiger partial charge < -0.3 is 16.2 Å². The van der Waals surface area contributed by atoms with Crippen molar-refractivity contribution in [3.05, 3.63) is 30.1 Å². The molecule has 0 unspecified atom stereocenters. The lowest BCUT2D eigenvalue weighted by molar-refractivity contribution is 0.0696. The van der Waals surface area contributed by atoms with E-state index in [4.69, 9.17) is 10.8 Å². The Hall–Kier alpha value is -1.46. The molecule has 2 heterocycles. The molecular formula is C13H23N3O2. The molecule has 0 amide bonds. The minimum Gasteiger partial charge on any atom is -0.478 e. The van der Waals surface area contributed by atoms with E-state index in [2.05, 4.69) is 10.3 Å². The number of hydrogen-bond acceptors (Lipinski definition) is 4. The van der Waals surface area contributed by atoms with Crippen molar-refractivity contribution in [2.75, 3.05) is 19.6 Å². The summed E-state index contributed by atoms with van der Waals surface area (Å²) < 4.78 is 0. The predicted octanol–water partition coefficient (Wildman–Crippen LogP) is 1.50. The Morgan fingerprint density at radius 1 is 1.44 bits per heavy atom. The van der Waals surface area contributed by atoms with E-state index in [-0.39, 0.29) is 5.56 Å². The topological polar surface area (TPSA) is 88.2 Å².